The number of nitrogens with one attached hydrogen (secondary N) is 1. The van der Waals surface area contributed by atoms with E-state index in [2.05, 4.69) is 5.32 Å². The lowest BCUT2D eigenvalue weighted by atomic mass is 9.77. The van der Waals surface area contributed by atoms with E-state index in [1.807, 2.05) is 74.1 Å². The zero-order valence-corrected chi connectivity index (χ0v) is 45.7. The standard InChI is InChI=1S/C51H82IN5O14/c1-28-25-49(7,64)44(70-46-40(59)37(55(10)11)23-29(2)67-46)30(3)41(69-39-26-50(8,66-12)43(61)33(6)68-39)31(4)45(62)71-47(52)51(9,65)42(60)32(5)57(27-28)22-21-56(20-19-38(53)58)48(63)54-36-18-17-34-15-13-14-16-35(34)24-36/h13-18,24,28-33,37,39-44,46-47,59-61,64-65H,19-23,25-27H2,1-12H3,(H2,53,58)(H,54,63)/t28-,29-,30+,31-,32-,33+,37+,39+,40-,41+,42-,43+,44-,46+,47+,49-,50-,51+/m1/s1. The number of aliphatic hydroxyl groups excluding tert-OH is 3. The molecule has 3 fully saturated rings. The van der Waals surface area contributed by atoms with E-state index in [-0.39, 0.29) is 63.5 Å². The van der Waals surface area contributed by atoms with Gasteiger partial charge >= 0.3 is 12.0 Å². The van der Waals surface area contributed by atoms with Crippen molar-refractivity contribution in [2.45, 2.75) is 176 Å². The third kappa shape index (κ3) is 14.5. The molecule has 3 aliphatic rings. The summed E-state index contributed by atoms with van der Waals surface area (Å²) in [6.07, 6.45) is -8.77. The molecule has 18 atom stereocenters. The highest BCUT2D eigenvalue weighted by Gasteiger charge is 2.53. The summed E-state index contributed by atoms with van der Waals surface area (Å²) >= 11 is 1.79. The number of cyclic esters (lactones) is 1. The number of likely N-dealkylation sites (N-methyl/N-ethyl adjacent to an activating group) is 1. The second kappa shape index (κ2) is 24.7. The van der Waals surface area contributed by atoms with Crippen LogP contribution in [0.1, 0.15) is 88.0 Å². The topological polar surface area (TPSA) is 256 Å². The Bertz CT molecular complexity index is 2090. The summed E-state index contributed by atoms with van der Waals surface area (Å²) in [6.45, 7) is 15.7. The minimum Gasteiger partial charge on any atom is -0.448 e. The summed E-state index contributed by atoms with van der Waals surface area (Å²) < 4.78 is 36.6. The average Bonchev–Trinajstić information content (AvgIpc) is 3.30. The highest BCUT2D eigenvalue weighted by atomic mass is 127. The zero-order chi connectivity index (χ0) is 52.9. The molecule has 2 aromatic rings. The largest absolute Gasteiger partial charge is 0.448 e. The third-order valence-corrected chi connectivity index (χ3v) is 16.5. The van der Waals surface area contributed by atoms with E-state index >= 15 is 0 Å². The second-order valence-corrected chi connectivity index (χ2v) is 22.5. The van der Waals surface area contributed by atoms with Crippen LogP contribution in [0.3, 0.4) is 0 Å². The van der Waals surface area contributed by atoms with E-state index < -0.39 is 106 Å². The molecule has 402 valence electrons. The number of nitrogens with zero attached hydrogens (tertiary/aromatic N) is 3. The molecule has 0 aliphatic carbocycles. The number of benzene rings is 2. The smallest absolute Gasteiger partial charge is 0.321 e. The summed E-state index contributed by atoms with van der Waals surface area (Å²) in [5, 5.41) is 64.9. The maximum Gasteiger partial charge on any atom is 0.321 e. The molecule has 3 heterocycles. The van der Waals surface area contributed by atoms with Crippen molar-refractivity contribution in [3.63, 3.8) is 0 Å². The molecule has 3 saturated heterocycles. The van der Waals surface area contributed by atoms with Crippen molar-refractivity contribution in [1.29, 1.82) is 0 Å². The number of anilines is 1. The lowest BCUT2D eigenvalue weighted by molar-refractivity contribution is -0.317. The molecule has 0 spiro atoms. The van der Waals surface area contributed by atoms with E-state index in [1.54, 1.807) is 70.2 Å². The van der Waals surface area contributed by atoms with E-state index in [0.29, 0.717) is 12.1 Å². The summed E-state index contributed by atoms with van der Waals surface area (Å²) in [5.41, 5.74) is 1.26. The van der Waals surface area contributed by atoms with Crippen molar-refractivity contribution < 1.29 is 68.3 Å². The molecular formula is C51H82IN5O14. The van der Waals surface area contributed by atoms with Gasteiger partial charge in [-0.1, -0.05) is 44.2 Å². The van der Waals surface area contributed by atoms with Gasteiger partial charge in [0, 0.05) is 69.8 Å². The van der Waals surface area contributed by atoms with E-state index in [9.17, 15) is 39.9 Å². The SMILES string of the molecule is CO[C@]1(C)C[C@H](O[C@H]2[C@H](C)[C@@H](O[C@@H]3O[C@H](C)C[C@H](N(C)C)[C@H]3O)[C@](C)(O)C[C@@H](C)CN(CCN(CCC(N)=O)C(=O)Nc3ccc4ccccc4c3)[C@H](C)[C@@H](O)[C@](C)(O)[C@@H](I)OC(=O)[C@@H]2C)O[C@@H](C)[C@@H]1O. The number of fused-ring (bicyclic) bond motifs is 1. The molecule has 0 radical (unpaired) electrons. The van der Waals surface area contributed by atoms with Crippen LogP contribution < -0.4 is 11.1 Å². The second-order valence-electron chi connectivity index (χ2n) is 21.3. The van der Waals surface area contributed by atoms with Crippen molar-refractivity contribution in [3.05, 3.63) is 42.5 Å². The van der Waals surface area contributed by atoms with Gasteiger partial charge in [0.25, 0.3) is 0 Å². The maximum atomic E-state index is 14.5. The summed E-state index contributed by atoms with van der Waals surface area (Å²) in [5.74, 6) is -3.77. The number of urea groups is 1. The Morgan fingerprint density at radius 2 is 1.59 bits per heavy atom. The molecule has 19 nitrogen and oxygen atoms in total. The van der Waals surface area contributed by atoms with Crippen LogP contribution in [0.25, 0.3) is 10.8 Å². The van der Waals surface area contributed by atoms with Crippen molar-refractivity contribution in [1.82, 2.24) is 14.7 Å². The number of ether oxygens (including phenoxy) is 6. The monoisotopic (exact) mass is 1120 g/mol. The molecule has 71 heavy (non-hydrogen) atoms. The molecule has 0 aromatic heterocycles. The first-order chi connectivity index (χ1) is 33.1. The van der Waals surface area contributed by atoms with Crippen LogP contribution in [-0.2, 0) is 38.0 Å². The van der Waals surface area contributed by atoms with Crippen LogP contribution in [-0.4, -0.2) is 194 Å². The predicted octanol–water partition coefficient (Wildman–Crippen LogP) is 3.82. The Hall–Kier alpha value is -2.84. The first-order valence-corrected chi connectivity index (χ1v) is 26.1. The zero-order valence-electron chi connectivity index (χ0n) is 43.6. The number of carbonyl (C=O) groups excluding carboxylic acids is 3. The molecule has 8 N–H and O–H groups in total. The van der Waals surface area contributed by atoms with Gasteiger partial charge in [-0.3, -0.25) is 14.5 Å². The first-order valence-electron chi connectivity index (χ1n) is 24.8. The number of primary amides is 1. The Kier molecular flexibility index (Phi) is 20.5. The molecule has 20 heteroatoms. The number of esters is 1. The number of halogens is 1. The number of rotatable bonds is 13. The summed E-state index contributed by atoms with van der Waals surface area (Å²) in [7, 11) is 5.20. The number of carbonyl (C=O) groups is 3. The van der Waals surface area contributed by atoms with Crippen molar-refractivity contribution in [2.24, 2.45) is 23.5 Å². The van der Waals surface area contributed by atoms with Crippen LogP contribution in [0.15, 0.2) is 42.5 Å². The van der Waals surface area contributed by atoms with Gasteiger partial charge in [0.2, 0.25) is 5.91 Å². The Morgan fingerprint density at radius 3 is 2.23 bits per heavy atom. The Morgan fingerprint density at radius 1 is 0.930 bits per heavy atom. The van der Waals surface area contributed by atoms with Crippen LogP contribution in [0.2, 0.25) is 0 Å². The minimum absolute atomic E-state index is 0.00983. The number of methoxy groups -OCH3 is 1. The molecule has 3 amide bonds. The van der Waals surface area contributed by atoms with Gasteiger partial charge in [0.15, 0.2) is 16.7 Å². The third-order valence-electron chi connectivity index (χ3n) is 15.0. The number of hydrogen-bond donors (Lipinski definition) is 7. The van der Waals surface area contributed by atoms with E-state index in [1.165, 1.54) is 18.9 Å². The van der Waals surface area contributed by atoms with Gasteiger partial charge in [0.05, 0.1) is 41.5 Å². The Labute approximate surface area is 433 Å². The lowest BCUT2D eigenvalue weighted by Crippen LogP contribution is -2.60. The van der Waals surface area contributed by atoms with Gasteiger partial charge in [0.1, 0.15) is 23.9 Å². The molecule has 0 saturated carbocycles. The van der Waals surface area contributed by atoms with Crippen LogP contribution in [0, 0.1) is 17.8 Å². The van der Waals surface area contributed by atoms with E-state index in [0.717, 1.165) is 10.8 Å². The van der Waals surface area contributed by atoms with Gasteiger partial charge in [-0.05, 0) is 127 Å². The molecular weight excluding hydrogens is 1030 g/mol. The minimum atomic E-state index is -2.04. The average molecular weight is 1120 g/mol. The fraction of sp³-hybridized carbons (Fsp3) is 0.745. The number of aliphatic hydroxyl groups is 5. The van der Waals surface area contributed by atoms with Crippen molar-refractivity contribution in [3.8, 4) is 0 Å². The highest BCUT2D eigenvalue weighted by molar-refractivity contribution is 14.1. The van der Waals surface area contributed by atoms with Gasteiger partial charge in [-0.2, -0.15) is 0 Å². The fourth-order valence-corrected chi connectivity index (χ4v) is 11.2. The van der Waals surface area contributed by atoms with Crippen LogP contribution in [0.4, 0.5) is 10.5 Å². The Balaban J connectivity index is 1.54. The van der Waals surface area contributed by atoms with Crippen molar-refractivity contribution in [2.75, 3.05) is 52.7 Å². The highest BCUT2D eigenvalue weighted by Crippen LogP contribution is 2.40. The number of nitrogens with two attached hydrogens (primary N) is 1. The molecule has 5 rings (SSSR count). The molecule has 3 aliphatic heterocycles. The van der Waals surface area contributed by atoms with Crippen LogP contribution in [0.5, 0.6) is 0 Å². The maximum absolute atomic E-state index is 14.5. The number of hydrogen-bond acceptors (Lipinski definition) is 16. The molecule has 0 unspecified atom stereocenters. The van der Waals surface area contributed by atoms with Gasteiger partial charge < -0.3 is 74.8 Å². The van der Waals surface area contributed by atoms with Crippen LogP contribution >= 0.6 is 22.6 Å². The predicted molar refractivity (Wildman–Crippen MR) is 275 cm³/mol. The summed E-state index contributed by atoms with van der Waals surface area (Å²) in [6, 6.07) is 11.6. The van der Waals surface area contributed by atoms with E-state index in [4.69, 9.17) is 34.2 Å². The van der Waals surface area contributed by atoms with Gasteiger partial charge in [-0.25, -0.2) is 4.79 Å². The number of alkyl halides is 1. The van der Waals surface area contributed by atoms with Gasteiger partial charge in [-0.15, -0.1) is 0 Å². The summed E-state index contributed by atoms with van der Waals surface area (Å²) in [4.78, 5) is 45.8. The molecule has 2 aromatic carbocycles. The quantitative estimate of drug-likeness (QED) is 0.0855. The first kappa shape index (κ1) is 59.0. The van der Waals surface area contributed by atoms with Crippen molar-refractivity contribution >= 4 is 57.0 Å². The fourth-order valence-electron chi connectivity index (χ4n) is 10.6. The lowest BCUT2D eigenvalue weighted by Gasteiger charge is -2.48. The molecule has 0 bridgehead atoms. The number of amides is 3. The normalized spacial score (nSPS) is 39.3.